The van der Waals surface area contributed by atoms with E-state index >= 15 is 17.6 Å². The minimum absolute atomic E-state index is 0.0158. The van der Waals surface area contributed by atoms with E-state index in [2.05, 4.69) is 92.3 Å². The van der Waals surface area contributed by atoms with Crippen LogP contribution >= 0.6 is 52.6 Å². The maximum Gasteiger partial charge on any atom is 0.386 e. The van der Waals surface area contributed by atoms with Gasteiger partial charge in [0.05, 0.1) is 101 Å². The molecule has 71 heteroatoms. The Hall–Kier alpha value is -7.73. The minimum atomic E-state index is -4.36. The number of rotatable bonds is 6. The van der Waals surface area contributed by atoms with Crippen LogP contribution in [0.15, 0.2) is 82.8 Å². The lowest BCUT2D eigenvalue weighted by Gasteiger charge is -2.27. The molecule has 133 heavy (non-hydrogen) atoms. The first-order valence-corrected chi connectivity index (χ1v) is 54.4. The molecule has 6 bridgehead atoms. The molecule has 9 aliphatic rings. The summed E-state index contributed by atoms with van der Waals surface area (Å²) >= 11 is 30.1. The van der Waals surface area contributed by atoms with Gasteiger partial charge in [0.1, 0.15) is 72.1 Å². The highest BCUT2D eigenvalue weighted by Gasteiger charge is 2.58. The van der Waals surface area contributed by atoms with Gasteiger partial charge >= 0.3 is 40.4 Å². The highest BCUT2D eigenvalue weighted by Crippen LogP contribution is 2.61. The van der Waals surface area contributed by atoms with Crippen LogP contribution in [-0.4, -0.2) is 270 Å². The Morgan fingerprint density at radius 1 is 0.368 bits per heavy atom. The Morgan fingerprint density at radius 2 is 0.699 bits per heavy atom. The lowest BCUT2D eigenvalue weighted by atomic mass is 10.1. The van der Waals surface area contributed by atoms with Gasteiger partial charge in [-0.3, -0.25) is 74.8 Å². The number of hydrogen-bond acceptors (Lipinski definition) is 46. The summed E-state index contributed by atoms with van der Waals surface area (Å²) in [7, 11) is 0. The van der Waals surface area contributed by atoms with E-state index in [0.29, 0.717) is 22.4 Å². The van der Waals surface area contributed by atoms with Crippen molar-refractivity contribution in [2.45, 2.75) is 148 Å². The molecule has 55 nitrogen and oxygen atoms in total. The van der Waals surface area contributed by atoms with Gasteiger partial charge in [0, 0.05) is 31.4 Å². The number of hydrogen-bond donors (Lipinski definition) is 15. The van der Waals surface area contributed by atoms with Gasteiger partial charge in [0.15, 0.2) is 118 Å². The smallest absolute Gasteiger partial charge is 0.386 e. The predicted molar refractivity (Wildman–Crippen MR) is 468 cm³/mol. The molecule has 9 aliphatic heterocycles. The molecule has 0 amide bonds. The van der Waals surface area contributed by atoms with E-state index in [1.54, 1.807) is 12.1 Å². The Labute approximate surface area is 767 Å². The second-order valence-corrected chi connectivity index (χ2v) is 47.2. The van der Waals surface area contributed by atoms with E-state index in [1.807, 2.05) is 0 Å². The quantitative estimate of drug-likeness (QED) is 0.0639. The lowest BCUT2D eigenvalue weighted by Crippen LogP contribution is -2.34. The van der Waals surface area contributed by atoms with Gasteiger partial charge in [-0.25, -0.2) is 62.0 Å². The normalized spacial score (nSPS) is 36.9. The van der Waals surface area contributed by atoms with Crippen molar-refractivity contribution in [2.24, 2.45) is 0 Å². The summed E-state index contributed by atoms with van der Waals surface area (Å²) in [4.78, 5) is 144. The molecule has 21 rings (SSSR count). The first-order valence-electron chi connectivity index (χ1n) is 38.8. The zero-order valence-electron chi connectivity index (χ0n) is 66.6. The van der Waals surface area contributed by atoms with E-state index in [1.165, 1.54) is 68.2 Å². The number of thiol groups is 1. The van der Waals surface area contributed by atoms with E-state index in [4.69, 9.17) is 176 Å². The molecule has 9 fully saturated rings. The van der Waals surface area contributed by atoms with Crippen molar-refractivity contribution in [3.05, 3.63) is 99.5 Å². The lowest BCUT2D eigenvalue weighted by molar-refractivity contribution is -0.0617. The number of halogens is 4. The molecule has 9 unspecified atom stereocenters. The van der Waals surface area contributed by atoms with Crippen LogP contribution in [-0.2, 0) is 146 Å². The molecular formula is C62H70F4N28O27P6S6. The van der Waals surface area contributed by atoms with Crippen LogP contribution in [0.4, 0.5) is 52.5 Å². The van der Waals surface area contributed by atoms with Gasteiger partial charge < -0.3 is 119 Å². The number of ether oxygens (including phenoxy) is 6. The number of fused-ring (bicyclic) bond motifs is 15. The highest BCUT2D eigenvalue weighted by atomic mass is 32.7. The average molecular weight is 2090 g/mol. The number of nitrogens with zero attached hydrogens (tertiary/aromatic N) is 19. The van der Waals surface area contributed by atoms with Gasteiger partial charge in [-0.2, -0.15) is 19.6 Å². The largest absolute Gasteiger partial charge is 0.397 e. The first kappa shape index (κ1) is 94.2. The van der Waals surface area contributed by atoms with Gasteiger partial charge in [-0.15, -0.1) is 5.10 Å². The number of imidazole rings is 5. The van der Waals surface area contributed by atoms with Crippen LogP contribution in [0.25, 0.3) is 67.0 Å². The van der Waals surface area contributed by atoms with Crippen molar-refractivity contribution in [1.29, 1.82) is 0 Å². The van der Waals surface area contributed by atoms with E-state index < -0.39 is 219 Å². The van der Waals surface area contributed by atoms with E-state index in [9.17, 15) is 43.4 Å². The van der Waals surface area contributed by atoms with Crippen molar-refractivity contribution in [2.75, 3.05) is 74.0 Å². The number of nitrogens with two attached hydrogens (primary N) is 6. The van der Waals surface area contributed by atoms with E-state index in [-0.39, 0.29) is 106 Å². The van der Waals surface area contributed by atoms with Crippen LogP contribution in [0.5, 0.6) is 0 Å². The number of nitrogen functional groups attached to an aromatic ring is 6. The summed E-state index contributed by atoms with van der Waals surface area (Å²) in [6, 6.07) is 4.57. The second-order valence-electron chi connectivity index (χ2n) is 30.3. The summed E-state index contributed by atoms with van der Waals surface area (Å²) in [6.07, 6.45) is -20.5. The molecule has 12 aromatic rings. The second kappa shape index (κ2) is 36.2. The molecular weight excluding hydrogens is 2020 g/mol. The molecule has 0 aromatic carbocycles. The molecule has 21 heterocycles. The molecule has 714 valence electrons. The zero-order chi connectivity index (χ0) is 93.8. The van der Waals surface area contributed by atoms with Gasteiger partial charge in [0.2, 0.25) is 17.8 Å². The molecule has 0 spiro atoms. The molecule has 20 N–H and O–H groups in total. The van der Waals surface area contributed by atoms with Crippen molar-refractivity contribution >= 4 is 214 Å². The summed E-state index contributed by atoms with van der Waals surface area (Å²) in [5.74, 6) is -0.580. The zero-order valence-corrected chi connectivity index (χ0v) is 76.9. The highest BCUT2D eigenvalue weighted by molar-refractivity contribution is 8.44. The van der Waals surface area contributed by atoms with Crippen LogP contribution in [0, 0.1) is 0 Å². The Bertz CT molecular complexity index is 6790. The van der Waals surface area contributed by atoms with Crippen LogP contribution in [0.2, 0.25) is 0 Å². The molecule has 0 aliphatic carbocycles. The molecule has 9 saturated heterocycles. The SMILES string of the molecule is Nc1nc2c(ncn2[C@@H]2O[C@@H]3COP(=O)(S)OC4C(F)[C@H](n5cnc6c(N)ccnc65)O[C@@H]4COP(O)(=S)O[C@H]2C3)c(=O)[nH]1.Nc1nc2c(ncn2[C@@H]2O[C@@H]3COP(O)(=S)OC4[C@@H](COP(O)(=S)O[C@H]2C3)O[C@@H](n2cnc3c(N)ccnc32)[C@H]4F)c(=O)[nH]1.Nc1nc2c(ncn2[C@@H]2O[C@@H]3COP(O)(=S)O[C@H]4[C@H](F)[C@H](n5nnc6c(N)ccnc65)O[C@@H]4COP(O)(=S)O[C@@H]2[C@@H]3F)c(=O)[nH]1. The van der Waals surface area contributed by atoms with Crippen LogP contribution in [0.3, 0.4) is 0 Å². The van der Waals surface area contributed by atoms with Crippen LogP contribution < -0.4 is 51.1 Å². The van der Waals surface area contributed by atoms with E-state index in [0.717, 1.165) is 15.6 Å². The fourth-order valence-corrected chi connectivity index (χ4v) is 24.6. The Morgan fingerprint density at radius 3 is 1.14 bits per heavy atom. The number of alkyl halides is 4. The standard InChI is InChI=1S/2C21H24FN9O9P2S2.C20H22F2N10O9P2S2/c2*22-12-15-11(38-20(12)30-6-26-13-9(23)1-2-25-16(13)30)5-36-41(33,43)39-10-3-8(4-35-42(34,44)40-15)37-19(10)31-7-27-14-17(31)28-21(24)29-18(14)32;21-9-7-3-36-42(34,44)40-13-8(39-18(10(13)22)32-15-11(29-30-32)6(23)1-2-25-15)4-37-43(35,45)41-14(9)19(38-7)31-5-26-12-16(31)27-20(24)28-17(12)33/h2*1-2,6-8,10-12,15,19-20H,3-5H2,(H2,23,25)(H,33,43)(H,34,44)(H3,24,28,29,32);1-2,5,7-10,13-14,18-19H,3-4H2,(H2,23,25)(H,34,44)(H,35,45)(H3,24,27,28,33)/t8-,10-,11+,12?,15?,19+,20+,41?,42?;8-,10-,11+,12-,15?,19+,20+,41?,42?;7-,8-,9-,10+,13-,14-,18-,19-,42?,43?/m001/s1. The number of H-pyrrole nitrogens is 3. The van der Waals surface area contributed by atoms with Crippen molar-refractivity contribution in [3.8, 4) is 0 Å². The van der Waals surface area contributed by atoms with Gasteiger partial charge in [-0.05, 0) is 77.2 Å². The average Bonchev–Trinajstić information content (AvgIpc) is 1.60. The summed E-state index contributed by atoms with van der Waals surface area (Å²) in [5.41, 5.74) is 35.3. The maximum absolute atomic E-state index is 16.0. The van der Waals surface area contributed by atoms with Gasteiger partial charge in [0.25, 0.3) is 16.7 Å². The van der Waals surface area contributed by atoms with Crippen molar-refractivity contribution < 1.29 is 129 Å². The monoisotopic (exact) mass is 2090 g/mol. The molecule has 0 radical (unpaired) electrons. The fraction of sp³-hybridized carbons (Fsp3) is 0.484. The van der Waals surface area contributed by atoms with Gasteiger partial charge in [-0.1, -0.05) is 17.5 Å². The Balaban J connectivity index is 0.000000129. The van der Waals surface area contributed by atoms with Crippen molar-refractivity contribution in [3.63, 3.8) is 0 Å². The fourth-order valence-electron chi connectivity index (χ4n) is 15.9. The third-order valence-corrected chi connectivity index (χ3v) is 31.2. The van der Waals surface area contributed by atoms with Crippen molar-refractivity contribution in [1.82, 2.24) is 108 Å². The number of anilines is 6. The number of aromatic amines is 3. The molecule has 12 aromatic heterocycles. The maximum atomic E-state index is 16.0. The summed E-state index contributed by atoms with van der Waals surface area (Å²) in [6.45, 7) is -28.3. The number of pyridine rings is 3. The number of nitrogens with one attached hydrogen (secondary N) is 3. The first-order chi connectivity index (χ1) is 63.1. The molecule has 28 atom stereocenters. The number of aromatic nitrogens is 22. The third kappa shape index (κ3) is 18.8. The van der Waals surface area contributed by atoms with Crippen LogP contribution in [0.1, 0.15) is 50.2 Å². The topological polar surface area (TPSA) is 736 Å². The Kier molecular flexibility index (Phi) is 25.7. The summed E-state index contributed by atoms with van der Waals surface area (Å²) < 4.78 is 187. The molecule has 0 saturated carbocycles. The summed E-state index contributed by atoms with van der Waals surface area (Å²) in [5, 5.41) is 7.82. The third-order valence-electron chi connectivity index (χ3n) is 21.7. The minimum Gasteiger partial charge on any atom is -0.397 e. The predicted octanol–water partition coefficient (Wildman–Crippen LogP) is 1.67.